The fourth-order valence-electron chi connectivity index (χ4n) is 2.82. The molecule has 1 saturated heterocycles. The summed E-state index contributed by atoms with van der Waals surface area (Å²) in [6, 6.07) is 9.42. The Morgan fingerprint density at radius 1 is 1.12 bits per heavy atom. The molecule has 0 saturated carbocycles. The van der Waals surface area contributed by atoms with E-state index in [1.54, 1.807) is 0 Å². The van der Waals surface area contributed by atoms with Crippen molar-refractivity contribution in [3.63, 3.8) is 0 Å². The number of nitrogens with two attached hydrogens (primary N) is 2. The maximum absolute atomic E-state index is 9.25. The summed E-state index contributed by atoms with van der Waals surface area (Å²) in [7, 11) is 0. The van der Waals surface area contributed by atoms with E-state index >= 15 is 0 Å². The van der Waals surface area contributed by atoms with E-state index in [9.17, 15) is 5.26 Å². The Labute approximate surface area is 140 Å². The van der Waals surface area contributed by atoms with Crippen molar-refractivity contribution in [2.24, 2.45) is 0 Å². The van der Waals surface area contributed by atoms with Crippen LogP contribution in [0, 0.1) is 11.3 Å². The molecule has 0 aliphatic carbocycles. The standard InChI is InChI=1S/C17H20N6O/c18-11-14-15(21-17(20)22-16(14)19)12-3-5-13(6-4-12)24-10-9-23-7-1-2-8-23/h3-6H,1-2,7-10H2,(H4,19,20,21,22). The van der Waals surface area contributed by atoms with Crippen LogP contribution in [-0.4, -0.2) is 41.1 Å². The molecule has 3 rings (SSSR count). The molecule has 0 radical (unpaired) electrons. The van der Waals surface area contributed by atoms with Crippen LogP contribution in [0.5, 0.6) is 5.75 Å². The summed E-state index contributed by atoms with van der Waals surface area (Å²) in [4.78, 5) is 10.4. The Balaban J connectivity index is 1.69. The highest BCUT2D eigenvalue weighted by Crippen LogP contribution is 2.26. The predicted octanol–water partition coefficient (Wildman–Crippen LogP) is 1.65. The van der Waals surface area contributed by atoms with E-state index in [1.807, 2.05) is 30.3 Å². The van der Waals surface area contributed by atoms with Gasteiger partial charge in [-0.2, -0.15) is 10.2 Å². The van der Waals surface area contributed by atoms with Crippen LogP contribution in [-0.2, 0) is 0 Å². The zero-order valence-electron chi connectivity index (χ0n) is 13.4. The lowest BCUT2D eigenvalue weighted by molar-refractivity contribution is 0.238. The number of anilines is 2. The first kappa shape index (κ1) is 16.0. The maximum Gasteiger partial charge on any atom is 0.222 e. The van der Waals surface area contributed by atoms with Crippen LogP contribution in [0.25, 0.3) is 11.3 Å². The highest BCUT2D eigenvalue weighted by Gasteiger charge is 2.13. The van der Waals surface area contributed by atoms with Crippen molar-refractivity contribution >= 4 is 11.8 Å². The summed E-state index contributed by atoms with van der Waals surface area (Å²) in [6.45, 7) is 3.93. The molecule has 4 N–H and O–H groups in total. The van der Waals surface area contributed by atoms with Crippen LogP contribution in [0.4, 0.5) is 11.8 Å². The quantitative estimate of drug-likeness (QED) is 0.859. The van der Waals surface area contributed by atoms with Gasteiger partial charge in [0.05, 0.1) is 5.69 Å². The van der Waals surface area contributed by atoms with Gasteiger partial charge in [-0.25, -0.2) is 4.98 Å². The van der Waals surface area contributed by atoms with Gasteiger partial charge in [0.2, 0.25) is 5.95 Å². The highest BCUT2D eigenvalue weighted by atomic mass is 16.5. The Hall–Kier alpha value is -2.85. The van der Waals surface area contributed by atoms with Gasteiger partial charge in [0.25, 0.3) is 0 Å². The van der Waals surface area contributed by atoms with E-state index in [-0.39, 0.29) is 17.3 Å². The van der Waals surface area contributed by atoms with Crippen molar-refractivity contribution < 1.29 is 4.74 Å². The number of nitrogen functional groups attached to an aromatic ring is 2. The van der Waals surface area contributed by atoms with Gasteiger partial charge in [0, 0.05) is 12.1 Å². The summed E-state index contributed by atoms with van der Waals surface area (Å²) in [5.74, 6) is 0.921. The normalized spacial score (nSPS) is 14.5. The van der Waals surface area contributed by atoms with E-state index in [4.69, 9.17) is 16.2 Å². The topological polar surface area (TPSA) is 114 Å². The average molecular weight is 324 g/mol. The first-order valence-electron chi connectivity index (χ1n) is 7.96. The zero-order chi connectivity index (χ0) is 16.9. The van der Waals surface area contributed by atoms with Crippen LogP contribution in [0.15, 0.2) is 24.3 Å². The number of rotatable bonds is 5. The first-order valence-corrected chi connectivity index (χ1v) is 7.96. The second-order valence-corrected chi connectivity index (χ2v) is 5.72. The van der Waals surface area contributed by atoms with Crippen LogP contribution in [0.2, 0.25) is 0 Å². The van der Waals surface area contributed by atoms with Crippen LogP contribution < -0.4 is 16.2 Å². The van der Waals surface area contributed by atoms with Gasteiger partial charge in [-0.15, -0.1) is 0 Å². The van der Waals surface area contributed by atoms with Crippen molar-refractivity contribution in [2.75, 3.05) is 37.7 Å². The summed E-state index contributed by atoms with van der Waals surface area (Å²) in [5.41, 5.74) is 12.8. The third-order valence-corrected chi connectivity index (χ3v) is 4.07. The van der Waals surface area contributed by atoms with Crippen LogP contribution in [0.3, 0.4) is 0 Å². The molecule has 1 aliphatic heterocycles. The maximum atomic E-state index is 9.25. The van der Waals surface area contributed by atoms with Crippen molar-refractivity contribution in [1.29, 1.82) is 5.26 Å². The Morgan fingerprint density at radius 3 is 2.50 bits per heavy atom. The molecule has 0 bridgehead atoms. The second-order valence-electron chi connectivity index (χ2n) is 5.72. The van der Waals surface area contributed by atoms with Gasteiger partial charge < -0.3 is 16.2 Å². The number of benzene rings is 1. The molecule has 1 fully saturated rings. The molecule has 0 amide bonds. The summed E-state index contributed by atoms with van der Waals surface area (Å²) in [5, 5.41) is 9.25. The van der Waals surface area contributed by atoms with Crippen LogP contribution in [0.1, 0.15) is 18.4 Å². The Kier molecular flexibility index (Phi) is 4.77. The van der Waals surface area contributed by atoms with Crippen LogP contribution >= 0.6 is 0 Å². The molecule has 1 aliphatic rings. The van der Waals surface area contributed by atoms with Crippen molar-refractivity contribution in [2.45, 2.75) is 12.8 Å². The highest BCUT2D eigenvalue weighted by molar-refractivity contribution is 5.73. The molecule has 24 heavy (non-hydrogen) atoms. The molecule has 124 valence electrons. The fraction of sp³-hybridized carbons (Fsp3) is 0.353. The fourth-order valence-corrected chi connectivity index (χ4v) is 2.82. The molecule has 0 atom stereocenters. The zero-order valence-corrected chi connectivity index (χ0v) is 13.4. The number of hydrogen-bond donors (Lipinski definition) is 2. The van der Waals surface area contributed by atoms with Gasteiger partial charge >= 0.3 is 0 Å². The van der Waals surface area contributed by atoms with E-state index in [1.165, 1.54) is 12.8 Å². The molecule has 2 aromatic rings. The smallest absolute Gasteiger partial charge is 0.222 e. The summed E-state index contributed by atoms with van der Waals surface area (Å²) >= 11 is 0. The lowest BCUT2D eigenvalue weighted by atomic mass is 10.1. The Morgan fingerprint density at radius 2 is 1.83 bits per heavy atom. The third kappa shape index (κ3) is 3.55. The molecular formula is C17H20N6O. The van der Waals surface area contributed by atoms with Gasteiger partial charge in [-0.05, 0) is 50.2 Å². The van der Waals surface area contributed by atoms with E-state index in [0.717, 1.165) is 30.9 Å². The first-order chi connectivity index (χ1) is 11.7. The number of nitrogens with zero attached hydrogens (tertiary/aromatic N) is 4. The van der Waals surface area contributed by atoms with Gasteiger partial charge in [0.15, 0.2) is 0 Å². The molecule has 7 nitrogen and oxygen atoms in total. The molecule has 7 heteroatoms. The summed E-state index contributed by atoms with van der Waals surface area (Å²) in [6.07, 6.45) is 2.56. The SMILES string of the molecule is N#Cc1c(N)nc(N)nc1-c1ccc(OCCN2CCCC2)cc1. The van der Waals surface area contributed by atoms with Crippen molar-refractivity contribution in [1.82, 2.24) is 14.9 Å². The monoisotopic (exact) mass is 324 g/mol. The molecule has 0 spiro atoms. The van der Waals surface area contributed by atoms with E-state index < -0.39 is 0 Å². The van der Waals surface area contributed by atoms with Crippen molar-refractivity contribution in [3.8, 4) is 23.1 Å². The minimum absolute atomic E-state index is 0.0486. The summed E-state index contributed by atoms with van der Waals surface area (Å²) < 4.78 is 5.77. The average Bonchev–Trinajstić information content (AvgIpc) is 3.08. The number of likely N-dealkylation sites (tertiary alicyclic amines) is 1. The van der Waals surface area contributed by atoms with E-state index in [2.05, 4.69) is 14.9 Å². The number of aromatic nitrogens is 2. The van der Waals surface area contributed by atoms with Gasteiger partial charge in [0.1, 0.15) is 29.8 Å². The number of nitriles is 1. The minimum atomic E-state index is 0.0486. The molecule has 1 aromatic carbocycles. The lowest BCUT2D eigenvalue weighted by Crippen LogP contribution is -2.25. The lowest BCUT2D eigenvalue weighted by Gasteiger charge is -2.15. The Bertz CT molecular complexity index is 747. The molecule has 2 heterocycles. The van der Waals surface area contributed by atoms with E-state index in [0.29, 0.717) is 12.3 Å². The minimum Gasteiger partial charge on any atom is -0.492 e. The second kappa shape index (κ2) is 7.15. The predicted molar refractivity (Wildman–Crippen MR) is 92.2 cm³/mol. The molecule has 0 unspecified atom stereocenters. The third-order valence-electron chi connectivity index (χ3n) is 4.07. The van der Waals surface area contributed by atoms with Gasteiger partial charge in [-0.1, -0.05) is 0 Å². The van der Waals surface area contributed by atoms with Gasteiger partial charge in [-0.3, -0.25) is 4.90 Å². The largest absolute Gasteiger partial charge is 0.492 e. The molecular weight excluding hydrogens is 304 g/mol. The number of hydrogen-bond acceptors (Lipinski definition) is 7. The van der Waals surface area contributed by atoms with Crippen molar-refractivity contribution in [3.05, 3.63) is 29.8 Å². The number of ether oxygens (including phenoxy) is 1. The molecule has 1 aromatic heterocycles.